The van der Waals surface area contributed by atoms with Crippen molar-refractivity contribution in [2.24, 2.45) is 5.73 Å². The van der Waals surface area contributed by atoms with E-state index < -0.39 is 5.92 Å². The van der Waals surface area contributed by atoms with Gasteiger partial charge in [0.2, 0.25) is 5.92 Å². The van der Waals surface area contributed by atoms with Gasteiger partial charge in [-0.05, 0) is 18.1 Å². The molecular weight excluding hydrogens is 172 g/mol. The number of halogens is 2. The molecular formula is C10H13F2N. The van der Waals surface area contributed by atoms with Crippen LogP contribution in [0.25, 0.3) is 0 Å². The number of rotatable bonds is 3. The Morgan fingerprint density at radius 3 is 2.23 bits per heavy atom. The fraction of sp³-hybridized carbons (Fsp3) is 0.400. The first-order valence-electron chi connectivity index (χ1n) is 4.17. The standard InChI is InChI=1S/C10H13F2N/c1-10(11,12)6-8-4-2-3-5-9(8)7-13/h2-5H,6-7,13H2,1H3. The van der Waals surface area contributed by atoms with Crippen LogP contribution in [0, 0.1) is 0 Å². The number of hydrogen-bond donors (Lipinski definition) is 1. The van der Waals surface area contributed by atoms with Crippen molar-refractivity contribution in [3.63, 3.8) is 0 Å². The minimum absolute atomic E-state index is 0.236. The van der Waals surface area contributed by atoms with Crippen molar-refractivity contribution in [1.82, 2.24) is 0 Å². The summed E-state index contributed by atoms with van der Waals surface area (Å²) >= 11 is 0. The summed E-state index contributed by atoms with van der Waals surface area (Å²) in [7, 11) is 0. The third-order valence-corrected chi connectivity index (χ3v) is 1.84. The van der Waals surface area contributed by atoms with Gasteiger partial charge in [0.15, 0.2) is 0 Å². The summed E-state index contributed by atoms with van der Waals surface area (Å²) in [6.45, 7) is 1.23. The predicted molar refractivity (Wildman–Crippen MR) is 48.7 cm³/mol. The lowest BCUT2D eigenvalue weighted by atomic mass is 10.0. The van der Waals surface area contributed by atoms with E-state index in [0.29, 0.717) is 12.1 Å². The van der Waals surface area contributed by atoms with Gasteiger partial charge in [0.05, 0.1) is 0 Å². The van der Waals surface area contributed by atoms with Crippen molar-refractivity contribution in [3.8, 4) is 0 Å². The molecule has 0 atom stereocenters. The smallest absolute Gasteiger partial charge is 0.249 e. The zero-order chi connectivity index (χ0) is 9.90. The Balaban J connectivity index is 2.87. The van der Waals surface area contributed by atoms with Crippen LogP contribution in [0.15, 0.2) is 24.3 Å². The predicted octanol–water partition coefficient (Wildman–Crippen LogP) is 2.34. The third-order valence-electron chi connectivity index (χ3n) is 1.84. The van der Waals surface area contributed by atoms with Crippen LogP contribution in [-0.2, 0) is 13.0 Å². The number of benzene rings is 1. The Morgan fingerprint density at radius 1 is 1.23 bits per heavy atom. The molecule has 0 saturated heterocycles. The van der Waals surface area contributed by atoms with E-state index in [4.69, 9.17) is 5.73 Å². The van der Waals surface area contributed by atoms with E-state index in [1.165, 1.54) is 0 Å². The molecule has 1 nitrogen and oxygen atoms in total. The summed E-state index contributed by atoms with van der Waals surface area (Å²) < 4.78 is 25.4. The normalized spacial score (nSPS) is 11.7. The zero-order valence-corrected chi connectivity index (χ0v) is 7.56. The first-order chi connectivity index (χ1) is 6.03. The molecule has 0 saturated carbocycles. The van der Waals surface area contributed by atoms with E-state index in [9.17, 15) is 8.78 Å². The van der Waals surface area contributed by atoms with Gasteiger partial charge in [0.1, 0.15) is 0 Å². The summed E-state index contributed by atoms with van der Waals surface area (Å²) in [6.07, 6.45) is -0.236. The second kappa shape index (κ2) is 3.83. The lowest BCUT2D eigenvalue weighted by Gasteiger charge is -2.12. The molecule has 2 N–H and O–H groups in total. The number of nitrogens with two attached hydrogens (primary N) is 1. The van der Waals surface area contributed by atoms with Crippen molar-refractivity contribution in [2.75, 3.05) is 0 Å². The minimum Gasteiger partial charge on any atom is -0.326 e. The Kier molecular flexibility index (Phi) is 2.98. The van der Waals surface area contributed by atoms with Crippen molar-refractivity contribution in [3.05, 3.63) is 35.4 Å². The van der Waals surface area contributed by atoms with Gasteiger partial charge in [-0.2, -0.15) is 0 Å². The van der Waals surface area contributed by atoms with Crippen LogP contribution in [0.5, 0.6) is 0 Å². The van der Waals surface area contributed by atoms with E-state index in [1.54, 1.807) is 24.3 Å². The summed E-state index contributed by atoms with van der Waals surface area (Å²) in [6, 6.07) is 7.03. The van der Waals surface area contributed by atoms with Gasteiger partial charge in [-0.3, -0.25) is 0 Å². The molecule has 0 aliphatic rings. The maximum atomic E-state index is 12.7. The van der Waals surface area contributed by atoms with Gasteiger partial charge < -0.3 is 5.73 Å². The molecule has 0 fully saturated rings. The molecule has 3 heteroatoms. The van der Waals surface area contributed by atoms with Crippen LogP contribution in [0.1, 0.15) is 18.1 Å². The highest BCUT2D eigenvalue weighted by Crippen LogP contribution is 2.21. The number of alkyl halides is 2. The van der Waals surface area contributed by atoms with Crippen LogP contribution in [0.3, 0.4) is 0 Å². The van der Waals surface area contributed by atoms with Crippen molar-refractivity contribution in [2.45, 2.75) is 25.8 Å². The summed E-state index contributed by atoms with van der Waals surface area (Å²) in [5.74, 6) is -2.66. The maximum Gasteiger partial charge on any atom is 0.249 e. The highest BCUT2D eigenvalue weighted by atomic mass is 19.3. The molecule has 0 unspecified atom stereocenters. The van der Waals surface area contributed by atoms with Gasteiger partial charge in [0, 0.05) is 13.0 Å². The van der Waals surface area contributed by atoms with Crippen LogP contribution in [0.4, 0.5) is 8.78 Å². The fourth-order valence-electron chi connectivity index (χ4n) is 1.26. The first kappa shape index (κ1) is 10.1. The second-order valence-corrected chi connectivity index (χ2v) is 3.22. The second-order valence-electron chi connectivity index (χ2n) is 3.22. The SMILES string of the molecule is CC(F)(F)Cc1ccccc1CN. The molecule has 72 valence electrons. The van der Waals surface area contributed by atoms with Gasteiger partial charge >= 0.3 is 0 Å². The molecule has 0 aliphatic heterocycles. The van der Waals surface area contributed by atoms with Gasteiger partial charge in [-0.1, -0.05) is 24.3 Å². The van der Waals surface area contributed by atoms with Gasteiger partial charge in [-0.25, -0.2) is 8.78 Å². The lowest BCUT2D eigenvalue weighted by Crippen LogP contribution is -2.15. The summed E-state index contributed by atoms with van der Waals surface area (Å²) in [5, 5.41) is 0. The molecule has 1 aromatic rings. The van der Waals surface area contributed by atoms with Crippen molar-refractivity contribution >= 4 is 0 Å². The Labute approximate surface area is 76.6 Å². The molecule has 0 bridgehead atoms. The topological polar surface area (TPSA) is 26.0 Å². The molecule has 0 radical (unpaired) electrons. The minimum atomic E-state index is -2.66. The number of hydrogen-bond acceptors (Lipinski definition) is 1. The highest BCUT2D eigenvalue weighted by Gasteiger charge is 2.22. The van der Waals surface area contributed by atoms with Crippen LogP contribution < -0.4 is 5.73 Å². The van der Waals surface area contributed by atoms with E-state index in [-0.39, 0.29) is 6.42 Å². The van der Waals surface area contributed by atoms with Crippen molar-refractivity contribution < 1.29 is 8.78 Å². The molecule has 0 amide bonds. The summed E-state index contributed by atoms with van der Waals surface area (Å²) in [4.78, 5) is 0. The summed E-state index contributed by atoms with van der Waals surface area (Å²) in [5.41, 5.74) is 6.86. The molecule has 1 rings (SSSR count). The van der Waals surface area contributed by atoms with Gasteiger partial charge in [-0.15, -0.1) is 0 Å². The van der Waals surface area contributed by atoms with Crippen LogP contribution >= 0.6 is 0 Å². The van der Waals surface area contributed by atoms with E-state index in [1.807, 2.05) is 0 Å². The zero-order valence-electron chi connectivity index (χ0n) is 7.56. The average molecular weight is 185 g/mol. The molecule has 0 heterocycles. The Bertz CT molecular complexity index is 278. The maximum absolute atomic E-state index is 12.7. The van der Waals surface area contributed by atoms with E-state index in [2.05, 4.69) is 0 Å². The quantitative estimate of drug-likeness (QED) is 0.768. The van der Waals surface area contributed by atoms with E-state index in [0.717, 1.165) is 12.5 Å². The van der Waals surface area contributed by atoms with Crippen LogP contribution in [-0.4, -0.2) is 5.92 Å². The lowest BCUT2D eigenvalue weighted by molar-refractivity contribution is 0.0224. The first-order valence-corrected chi connectivity index (χ1v) is 4.17. The molecule has 0 aromatic heterocycles. The monoisotopic (exact) mass is 185 g/mol. The third kappa shape index (κ3) is 3.11. The molecule has 0 aliphatic carbocycles. The van der Waals surface area contributed by atoms with Gasteiger partial charge in [0.25, 0.3) is 0 Å². The van der Waals surface area contributed by atoms with E-state index >= 15 is 0 Å². The van der Waals surface area contributed by atoms with Crippen molar-refractivity contribution in [1.29, 1.82) is 0 Å². The highest BCUT2D eigenvalue weighted by molar-refractivity contribution is 5.27. The largest absolute Gasteiger partial charge is 0.326 e. The Morgan fingerprint density at radius 2 is 1.77 bits per heavy atom. The Hall–Kier alpha value is -0.960. The van der Waals surface area contributed by atoms with Crippen LogP contribution in [0.2, 0.25) is 0 Å². The molecule has 0 spiro atoms. The molecule has 13 heavy (non-hydrogen) atoms. The molecule has 1 aromatic carbocycles. The fourth-order valence-corrected chi connectivity index (χ4v) is 1.26. The average Bonchev–Trinajstić information content (AvgIpc) is 2.02.